The van der Waals surface area contributed by atoms with Crippen molar-refractivity contribution < 1.29 is 18.6 Å². The third kappa shape index (κ3) is 6.02. The largest absolute Gasteiger partial charge is 0.496 e. The highest BCUT2D eigenvalue weighted by Gasteiger charge is 2.26. The Morgan fingerprint density at radius 2 is 1.94 bits per heavy atom. The fourth-order valence-corrected chi connectivity index (χ4v) is 3.49. The van der Waals surface area contributed by atoms with Crippen LogP contribution in [0.4, 0.5) is 10.2 Å². The van der Waals surface area contributed by atoms with Gasteiger partial charge in [-0.05, 0) is 18.6 Å². The average molecular weight is 545 g/mol. The molecule has 1 saturated heterocycles. The van der Waals surface area contributed by atoms with Crippen LogP contribution in [-0.4, -0.2) is 58.5 Å². The first kappa shape index (κ1) is 24.8. The molecule has 2 N–H and O–H groups in total. The van der Waals surface area contributed by atoms with Crippen molar-refractivity contribution in [1.29, 1.82) is 0 Å². The molecule has 1 atom stereocenters. The molecule has 31 heavy (non-hydrogen) atoms. The number of rotatable bonds is 7. The average Bonchev–Trinajstić information content (AvgIpc) is 3.24. The van der Waals surface area contributed by atoms with Crippen LogP contribution >= 0.6 is 24.0 Å². The van der Waals surface area contributed by atoms with Gasteiger partial charge >= 0.3 is 0 Å². The monoisotopic (exact) mass is 545 g/mol. The molecule has 0 amide bonds. The predicted molar refractivity (Wildman–Crippen MR) is 130 cm³/mol. The number of nitrogens with zero attached hydrogens (tertiary/aromatic N) is 3. The smallest absolute Gasteiger partial charge is 0.191 e. The maximum atomic E-state index is 14.0. The Morgan fingerprint density at radius 3 is 2.52 bits per heavy atom. The molecule has 8 nitrogen and oxygen atoms in total. The lowest BCUT2D eigenvalue weighted by Gasteiger charge is -2.21. The van der Waals surface area contributed by atoms with Crippen LogP contribution in [0.2, 0.25) is 0 Å². The van der Waals surface area contributed by atoms with E-state index in [4.69, 9.17) is 14.2 Å². The van der Waals surface area contributed by atoms with E-state index in [0.29, 0.717) is 42.1 Å². The zero-order chi connectivity index (χ0) is 21.5. The minimum absolute atomic E-state index is 0. The van der Waals surface area contributed by atoms with E-state index in [9.17, 15) is 4.39 Å². The Balaban J connectivity index is 0.00000341. The van der Waals surface area contributed by atoms with Crippen molar-refractivity contribution in [2.24, 2.45) is 4.99 Å². The minimum Gasteiger partial charge on any atom is -0.496 e. The van der Waals surface area contributed by atoms with Crippen LogP contribution in [0.15, 0.2) is 35.5 Å². The first-order valence-corrected chi connectivity index (χ1v) is 9.71. The molecule has 2 heterocycles. The number of nitrogens with one attached hydrogen (secondary N) is 2. The molecule has 0 saturated carbocycles. The quantitative estimate of drug-likeness (QED) is 0.315. The Kier molecular flexibility index (Phi) is 9.41. The molecule has 1 aromatic carbocycles. The number of benzene rings is 1. The second-order valence-corrected chi connectivity index (χ2v) is 6.82. The summed E-state index contributed by atoms with van der Waals surface area (Å²) in [6.07, 6.45) is 2.46. The highest BCUT2D eigenvalue weighted by molar-refractivity contribution is 14.0. The third-order valence-electron chi connectivity index (χ3n) is 5.04. The van der Waals surface area contributed by atoms with Gasteiger partial charge in [0.2, 0.25) is 0 Å². The molecule has 10 heteroatoms. The first-order chi connectivity index (χ1) is 14.6. The molecule has 2 aromatic rings. The summed E-state index contributed by atoms with van der Waals surface area (Å²) in [6, 6.07) is 6.77. The van der Waals surface area contributed by atoms with Crippen molar-refractivity contribution in [2.75, 3.05) is 46.4 Å². The van der Waals surface area contributed by atoms with Gasteiger partial charge < -0.3 is 29.7 Å². The molecule has 0 radical (unpaired) electrons. The molecular weight excluding hydrogens is 516 g/mol. The van der Waals surface area contributed by atoms with E-state index in [1.54, 1.807) is 40.6 Å². The van der Waals surface area contributed by atoms with E-state index in [1.807, 2.05) is 17.0 Å². The molecule has 0 bridgehead atoms. The topological polar surface area (TPSA) is 80.2 Å². The summed E-state index contributed by atoms with van der Waals surface area (Å²) in [6.45, 7) is 1.81. The molecule has 1 unspecified atom stereocenters. The molecule has 0 spiro atoms. The van der Waals surface area contributed by atoms with Crippen LogP contribution in [0.1, 0.15) is 12.0 Å². The lowest BCUT2D eigenvalue weighted by Crippen LogP contribution is -2.44. The van der Waals surface area contributed by atoms with Crippen LogP contribution in [0.25, 0.3) is 0 Å². The minimum atomic E-state index is -0.306. The van der Waals surface area contributed by atoms with E-state index in [1.165, 1.54) is 6.07 Å². The van der Waals surface area contributed by atoms with Crippen molar-refractivity contribution >= 4 is 35.8 Å². The van der Waals surface area contributed by atoms with E-state index in [-0.39, 0.29) is 35.8 Å². The van der Waals surface area contributed by atoms with E-state index in [2.05, 4.69) is 20.6 Å². The number of guanidine groups is 1. The zero-order valence-electron chi connectivity index (χ0n) is 18.1. The highest BCUT2D eigenvalue weighted by atomic mass is 127. The fourth-order valence-electron chi connectivity index (χ4n) is 3.49. The number of hydrogen-bond donors (Lipinski definition) is 2. The van der Waals surface area contributed by atoms with Crippen molar-refractivity contribution in [2.45, 2.75) is 19.0 Å². The Bertz CT molecular complexity index is 874. The SMILES string of the molecule is CN=C(NCc1c(OC)cc(OC)cc1OC)NC1CCN(c2ncccc2F)C1.I. The number of aliphatic imine (C=N–C) groups is 1. The third-order valence-corrected chi connectivity index (χ3v) is 5.04. The van der Waals surface area contributed by atoms with Gasteiger partial charge in [-0.3, -0.25) is 4.99 Å². The second-order valence-electron chi connectivity index (χ2n) is 6.82. The van der Waals surface area contributed by atoms with Gasteiger partial charge in [0.25, 0.3) is 0 Å². The zero-order valence-corrected chi connectivity index (χ0v) is 20.5. The number of hydrogen-bond acceptors (Lipinski definition) is 6. The summed E-state index contributed by atoms with van der Waals surface area (Å²) in [5.41, 5.74) is 0.854. The first-order valence-electron chi connectivity index (χ1n) is 9.71. The number of ether oxygens (including phenoxy) is 3. The molecule has 0 aliphatic carbocycles. The van der Waals surface area contributed by atoms with E-state index in [0.717, 1.165) is 18.5 Å². The van der Waals surface area contributed by atoms with Gasteiger partial charge in [-0.15, -0.1) is 24.0 Å². The summed E-state index contributed by atoms with van der Waals surface area (Å²) < 4.78 is 30.3. The van der Waals surface area contributed by atoms with E-state index < -0.39 is 0 Å². The van der Waals surface area contributed by atoms with Crippen molar-refractivity contribution in [1.82, 2.24) is 15.6 Å². The van der Waals surface area contributed by atoms with Gasteiger partial charge in [0.1, 0.15) is 17.2 Å². The van der Waals surface area contributed by atoms with Crippen molar-refractivity contribution in [3.05, 3.63) is 41.8 Å². The standard InChI is InChI=1S/C21H28FN5O3.HI/c1-23-21(25-12-16-18(29-3)10-15(28-2)11-19(16)30-4)26-14-7-9-27(13-14)20-17(22)6-5-8-24-20;/h5-6,8,10-11,14H,7,9,12-13H2,1-4H3,(H2,23,25,26);1H. The summed E-state index contributed by atoms with van der Waals surface area (Å²) in [4.78, 5) is 10.4. The van der Waals surface area contributed by atoms with Crippen LogP contribution < -0.4 is 29.7 Å². The molecule has 170 valence electrons. The molecule has 1 aliphatic heterocycles. The summed E-state index contributed by atoms with van der Waals surface area (Å²) >= 11 is 0. The Morgan fingerprint density at radius 1 is 1.23 bits per heavy atom. The summed E-state index contributed by atoms with van der Waals surface area (Å²) in [7, 11) is 6.52. The number of anilines is 1. The Labute approximate surface area is 199 Å². The predicted octanol–water partition coefficient (Wildman–Crippen LogP) is 2.81. The number of pyridine rings is 1. The van der Waals surface area contributed by atoms with Crippen LogP contribution in [0, 0.1) is 5.82 Å². The second kappa shape index (κ2) is 11.8. The van der Waals surface area contributed by atoms with Gasteiger partial charge in [-0.2, -0.15) is 0 Å². The van der Waals surface area contributed by atoms with Crippen molar-refractivity contribution in [3.63, 3.8) is 0 Å². The maximum absolute atomic E-state index is 14.0. The number of methoxy groups -OCH3 is 3. The van der Waals surface area contributed by atoms with Gasteiger partial charge in [-0.25, -0.2) is 9.37 Å². The normalized spacial score (nSPS) is 15.8. The molecule has 1 fully saturated rings. The summed E-state index contributed by atoms with van der Waals surface area (Å²) in [5, 5.41) is 6.69. The van der Waals surface area contributed by atoms with Gasteiger partial charge in [-0.1, -0.05) is 0 Å². The maximum Gasteiger partial charge on any atom is 0.191 e. The number of halogens is 2. The Hall–Kier alpha value is -2.50. The van der Waals surface area contributed by atoms with E-state index >= 15 is 0 Å². The molecule has 1 aliphatic rings. The lowest BCUT2D eigenvalue weighted by atomic mass is 10.1. The molecule has 1 aromatic heterocycles. The number of aromatic nitrogens is 1. The lowest BCUT2D eigenvalue weighted by molar-refractivity contribution is 0.368. The van der Waals surface area contributed by atoms with Crippen LogP contribution in [0.5, 0.6) is 17.2 Å². The van der Waals surface area contributed by atoms with Gasteiger partial charge in [0, 0.05) is 44.5 Å². The fraction of sp³-hybridized carbons (Fsp3) is 0.429. The highest BCUT2D eigenvalue weighted by Crippen LogP contribution is 2.33. The van der Waals surface area contributed by atoms with Crippen molar-refractivity contribution in [3.8, 4) is 17.2 Å². The molecule has 3 rings (SSSR count). The molecular formula is C21H29FIN5O3. The van der Waals surface area contributed by atoms with Gasteiger partial charge in [0.15, 0.2) is 17.6 Å². The van der Waals surface area contributed by atoms with Gasteiger partial charge in [0.05, 0.1) is 33.4 Å². The van der Waals surface area contributed by atoms with Crippen LogP contribution in [0.3, 0.4) is 0 Å². The summed E-state index contributed by atoms with van der Waals surface area (Å²) in [5.74, 6) is 2.70. The van der Waals surface area contributed by atoms with Crippen LogP contribution in [-0.2, 0) is 6.54 Å².